The SMILES string of the molecule is CC(C)OCC(C)OCC(C)OC(=O)C(C)C. The molecule has 0 aromatic rings. The molecule has 17 heavy (non-hydrogen) atoms. The van der Waals surface area contributed by atoms with Crippen LogP contribution in [0.3, 0.4) is 0 Å². The molecule has 0 radical (unpaired) electrons. The molecule has 4 nitrogen and oxygen atoms in total. The molecule has 0 aromatic heterocycles. The Bertz CT molecular complexity index is 213. The smallest absolute Gasteiger partial charge is 0.308 e. The van der Waals surface area contributed by atoms with Crippen molar-refractivity contribution in [2.75, 3.05) is 13.2 Å². The average molecular weight is 246 g/mol. The fourth-order valence-corrected chi connectivity index (χ4v) is 1.04. The van der Waals surface area contributed by atoms with Gasteiger partial charge in [0.15, 0.2) is 0 Å². The van der Waals surface area contributed by atoms with Crippen LogP contribution in [0.1, 0.15) is 41.5 Å². The maximum atomic E-state index is 11.3. The largest absolute Gasteiger partial charge is 0.460 e. The zero-order chi connectivity index (χ0) is 13.4. The van der Waals surface area contributed by atoms with Crippen LogP contribution in [0.25, 0.3) is 0 Å². The van der Waals surface area contributed by atoms with E-state index in [1.54, 1.807) is 0 Å². The maximum Gasteiger partial charge on any atom is 0.308 e. The van der Waals surface area contributed by atoms with Gasteiger partial charge >= 0.3 is 5.97 Å². The Morgan fingerprint density at radius 1 is 0.882 bits per heavy atom. The van der Waals surface area contributed by atoms with Gasteiger partial charge in [-0.25, -0.2) is 0 Å². The summed E-state index contributed by atoms with van der Waals surface area (Å²) in [5, 5.41) is 0. The van der Waals surface area contributed by atoms with Gasteiger partial charge in [-0.1, -0.05) is 13.8 Å². The molecular formula is C13H26O4. The van der Waals surface area contributed by atoms with Crippen molar-refractivity contribution >= 4 is 5.97 Å². The number of rotatable bonds is 8. The van der Waals surface area contributed by atoms with E-state index in [9.17, 15) is 4.79 Å². The van der Waals surface area contributed by atoms with Gasteiger partial charge in [-0.3, -0.25) is 4.79 Å². The molecule has 0 N–H and O–H groups in total. The third kappa shape index (κ3) is 9.12. The highest BCUT2D eigenvalue weighted by atomic mass is 16.6. The summed E-state index contributed by atoms with van der Waals surface area (Å²) in [5.74, 6) is -0.286. The van der Waals surface area contributed by atoms with Crippen molar-refractivity contribution < 1.29 is 19.0 Å². The van der Waals surface area contributed by atoms with Crippen LogP contribution in [0.4, 0.5) is 0 Å². The molecule has 0 fully saturated rings. The molecule has 2 unspecified atom stereocenters. The summed E-state index contributed by atoms with van der Waals surface area (Å²) in [6, 6.07) is 0. The van der Waals surface area contributed by atoms with E-state index in [4.69, 9.17) is 14.2 Å². The third-order valence-corrected chi connectivity index (χ3v) is 2.07. The van der Waals surface area contributed by atoms with Crippen LogP contribution in [0.15, 0.2) is 0 Å². The molecule has 0 saturated carbocycles. The van der Waals surface area contributed by atoms with E-state index < -0.39 is 0 Å². The minimum atomic E-state index is -0.216. The molecule has 0 saturated heterocycles. The van der Waals surface area contributed by atoms with E-state index in [1.807, 2.05) is 41.5 Å². The summed E-state index contributed by atoms with van der Waals surface area (Å²) in [4.78, 5) is 11.3. The zero-order valence-electron chi connectivity index (χ0n) is 11.9. The number of hydrogen-bond acceptors (Lipinski definition) is 4. The Labute approximate surface area is 105 Å². The van der Waals surface area contributed by atoms with E-state index in [0.717, 1.165) is 0 Å². The van der Waals surface area contributed by atoms with Crippen LogP contribution in [-0.2, 0) is 19.0 Å². The van der Waals surface area contributed by atoms with Gasteiger partial charge < -0.3 is 14.2 Å². The molecular weight excluding hydrogens is 220 g/mol. The van der Waals surface area contributed by atoms with Crippen molar-refractivity contribution in [1.82, 2.24) is 0 Å². The molecule has 0 heterocycles. The fourth-order valence-electron chi connectivity index (χ4n) is 1.04. The van der Waals surface area contributed by atoms with E-state index in [1.165, 1.54) is 0 Å². The molecule has 102 valence electrons. The predicted octanol–water partition coefficient (Wildman–Crippen LogP) is 2.40. The van der Waals surface area contributed by atoms with Crippen LogP contribution < -0.4 is 0 Å². The maximum absolute atomic E-state index is 11.3. The second-order valence-electron chi connectivity index (χ2n) is 4.93. The molecule has 0 aliphatic rings. The Balaban J connectivity index is 3.68. The molecule has 0 amide bonds. The lowest BCUT2D eigenvalue weighted by Gasteiger charge is -2.19. The van der Waals surface area contributed by atoms with Gasteiger partial charge in [-0.15, -0.1) is 0 Å². The molecule has 4 heteroatoms. The highest BCUT2D eigenvalue weighted by Gasteiger charge is 2.14. The van der Waals surface area contributed by atoms with Gasteiger partial charge in [0.05, 0.1) is 31.3 Å². The number of carbonyl (C=O) groups is 1. The Kier molecular flexibility index (Phi) is 8.17. The molecule has 0 rings (SSSR count). The lowest BCUT2D eigenvalue weighted by atomic mass is 10.2. The standard InChI is InChI=1S/C13H26O4/c1-9(2)13(14)17-12(6)8-16-11(5)7-15-10(3)4/h9-12H,7-8H2,1-6H3. The number of ether oxygens (including phenoxy) is 3. The summed E-state index contributed by atoms with van der Waals surface area (Å²) >= 11 is 0. The highest BCUT2D eigenvalue weighted by molar-refractivity contribution is 5.71. The fraction of sp³-hybridized carbons (Fsp3) is 0.923. The second-order valence-corrected chi connectivity index (χ2v) is 4.93. The first kappa shape index (κ1) is 16.4. The Hall–Kier alpha value is -0.610. The molecule has 0 aliphatic carbocycles. The Morgan fingerprint density at radius 3 is 1.88 bits per heavy atom. The van der Waals surface area contributed by atoms with Gasteiger partial charge in [0.1, 0.15) is 6.10 Å². The van der Waals surface area contributed by atoms with Crippen LogP contribution in [-0.4, -0.2) is 37.5 Å². The third-order valence-electron chi connectivity index (χ3n) is 2.07. The van der Waals surface area contributed by atoms with Gasteiger partial charge in [0.2, 0.25) is 0 Å². The van der Waals surface area contributed by atoms with E-state index >= 15 is 0 Å². The first-order valence-corrected chi connectivity index (χ1v) is 6.26. The number of carbonyl (C=O) groups excluding carboxylic acids is 1. The van der Waals surface area contributed by atoms with Crippen LogP contribution in [0, 0.1) is 5.92 Å². The van der Waals surface area contributed by atoms with Crippen molar-refractivity contribution in [3.8, 4) is 0 Å². The quantitative estimate of drug-likeness (QED) is 0.617. The summed E-state index contributed by atoms with van der Waals surface area (Å²) in [7, 11) is 0. The van der Waals surface area contributed by atoms with Gasteiger partial charge in [0.25, 0.3) is 0 Å². The monoisotopic (exact) mass is 246 g/mol. The van der Waals surface area contributed by atoms with Crippen LogP contribution in [0.2, 0.25) is 0 Å². The van der Waals surface area contributed by atoms with Crippen molar-refractivity contribution in [2.24, 2.45) is 5.92 Å². The summed E-state index contributed by atoms with van der Waals surface area (Å²) in [6.45, 7) is 12.3. The summed E-state index contributed by atoms with van der Waals surface area (Å²) in [6.07, 6.45) is 0.00115. The summed E-state index contributed by atoms with van der Waals surface area (Å²) < 4.78 is 16.1. The van der Waals surface area contributed by atoms with Crippen LogP contribution in [0.5, 0.6) is 0 Å². The highest BCUT2D eigenvalue weighted by Crippen LogP contribution is 2.03. The van der Waals surface area contributed by atoms with Crippen molar-refractivity contribution in [3.05, 3.63) is 0 Å². The van der Waals surface area contributed by atoms with E-state index in [-0.39, 0.29) is 30.2 Å². The van der Waals surface area contributed by atoms with Crippen molar-refractivity contribution in [3.63, 3.8) is 0 Å². The zero-order valence-corrected chi connectivity index (χ0v) is 11.9. The lowest BCUT2D eigenvalue weighted by Crippen LogP contribution is -2.27. The normalized spacial score (nSPS) is 15.1. The van der Waals surface area contributed by atoms with E-state index in [2.05, 4.69) is 0 Å². The lowest BCUT2D eigenvalue weighted by molar-refractivity contribution is -0.156. The van der Waals surface area contributed by atoms with Crippen molar-refractivity contribution in [2.45, 2.75) is 59.9 Å². The van der Waals surface area contributed by atoms with E-state index in [0.29, 0.717) is 13.2 Å². The predicted molar refractivity (Wildman–Crippen MR) is 66.9 cm³/mol. The topological polar surface area (TPSA) is 44.8 Å². The first-order valence-electron chi connectivity index (χ1n) is 6.26. The van der Waals surface area contributed by atoms with Gasteiger partial charge in [-0.2, -0.15) is 0 Å². The minimum Gasteiger partial charge on any atom is -0.460 e. The summed E-state index contributed by atoms with van der Waals surface area (Å²) in [5.41, 5.74) is 0. The number of hydrogen-bond donors (Lipinski definition) is 0. The molecule has 0 aromatic carbocycles. The van der Waals surface area contributed by atoms with Gasteiger partial charge in [0, 0.05) is 0 Å². The first-order chi connectivity index (χ1) is 7.82. The molecule has 0 spiro atoms. The number of esters is 1. The second kappa shape index (κ2) is 8.48. The van der Waals surface area contributed by atoms with Crippen LogP contribution >= 0.6 is 0 Å². The van der Waals surface area contributed by atoms with Gasteiger partial charge in [-0.05, 0) is 27.7 Å². The molecule has 0 bridgehead atoms. The Morgan fingerprint density at radius 2 is 1.41 bits per heavy atom. The average Bonchev–Trinajstić information content (AvgIpc) is 2.23. The molecule has 2 atom stereocenters. The van der Waals surface area contributed by atoms with Crippen molar-refractivity contribution in [1.29, 1.82) is 0 Å². The molecule has 0 aliphatic heterocycles. The minimum absolute atomic E-state index is 0.0117.